The zero-order valence-corrected chi connectivity index (χ0v) is 16.5. The van der Waals surface area contributed by atoms with E-state index in [1.807, 2.05) is 0 Å². The largest absolute Gasteiger partial charge is 0.326 e. The highest BCUT2D eigenvalue weighted by Crippen LogP contribution is 2.28. The van der Waals surface area contributed by atoms with Gasteiger partial charge in [0, 0.05) is 24.7 Å². The molecule has 0 unspecified atom stereocenters. The molecule has 1 fully saturated rings. The van der Waals surface area contributed by atoms with Gasteiger partial charge in [0.15, 0.2) is 0 Å². The number of nitrogens with one attached hydrogen (secondary N) is 1. The van der Waals surface area contributed by atoms with E-state index in [1.165, 1.54) is 22.5 Å². The molecule has 0 atom stereocenters. The van der Waals surface area contributed by atoms with Crippen LogP contribution >= 0.6 is 23.2 Å². The number of rotatable bonds is 4. The van der Waals surface area contributed by atoms with Crippen molar-refractivity contribution in [1.82, 2.24) is 4.31 Å². The summed E-state index contributed by atoms with van der Waals surface area (Å²) >= 11 is 11.8. The molecule has 0 aromatic heterocycles. The predicted octanol–water partition coefficient (Wildman–Crippen LogP) is 4.17. The van der Waals surface area contributed by atoms with E-state index < -0.39 is 15.8 Å². The van der Waals surface area contributed by atoms with Crippen LogP contribution in [0.2, 0.25) is 10.0 Å². The zero-order chi connectivity index (χ0) is 19.6. The number of halogens is 3. The van der Waals surface area contributed by atoms with Gasteiger partial charge in [0.1, 0.15) is 10.7 Å². The van der Waals surface area contributed by atoms with Crippen LogP contribution in [0.3, 0.4) is 0 Å². The number of carbonyl (C=O) groups is 1. The second-order valence-electron chi connectivity index (χ2n) is 6.23. The van der Waals surface area contributed by atoms with Crippen LogP contribution in [0.15, 0.2) is 47.4 Å². The fourth-order valence-corrected chi connectivity index (χ4v) is 4.80. The number of carbonyl (C=O) groups excluding carboxylic acids is 1. The summed E-state index contributed by atoms with van der Waals surface area (Å²) in [7, 11) is -3.92. The minimum Gasteiger partial charge on any atom is -0.326 e. The quantitative estimate of drug-likeness (QED) is 0.790. The maximum Gasteiger partial charge on any atom is 0.245 e. The highest BCUT2D eigenvalue weighted by Gasteiger charge is 2.33. The van der Waals surface area contributed by atoms with Gasteiger partial charge in [-0.3, -0.25) is 4.79 Å². The lowest BCUT2D eigenvalue weighted by atomic mass is 9.97. The smallest absolute Gasteiger partial charge is 0.245 e. The lowest BCUT2D eigenvalue weighted by Crippen LogP contribution is -2.41. The summed E-state index contributed by atoms with van der Waals surface area (Å²) in [6.45, 7) is 0.298. The van der Waals surface area contributed by atoms with Crippen LogP contribution in [-0.2, 0) is 14.8 Å². The van der Waals surface area contributed by atoms with Gasteiger partial charge in [0.05, 0.1) is 10.0 Å². The molecule has 0 radical (unpaired) electrons. The third-order valence-corrected chi connectivity index (χ3v) is 7.14. The Kier molecular flexibility index (Phi) is 6.05. The van der Waals surface area contributed by atoms with E-state index in [0.29, 0.717) is 28.6 Å². The van der Waals surface area contributed by atoms with E-state index in [0.717, 1.165) is 6.07 Å². The minimum absolute atomic E-state index is 0.149. The van der Waals surface area contributed by atoms with Crippen LogP contribution in [0.25, 0.3) is 0 Å². The van der Waals surface area contributed by atoms with Gasteiger partial charge in [0.2, 0.25) is 15.9 Å². The molecule has 3 rings (SSSR count). The molecule has 0 spiro atoms. The summed E-state index contributed by atoms with van der Waals surface area (Å²) < 4.78 is 40.3. The Morgan fingerprint density at radius 3 is 2.37 bits per heavy atom. The molecule has 5 nitrogen and oxygen atoms in total. The molecule has 2 aromatic rings. The molecule has 1 heterocycles. The van der Waals surface area contributed by atoms with Gasteiger partial charge in [-0.2, -0.15) is 4.31 Å². The molecule has 1 N–H and O–H groups in total. The number of amides is 1. The topological polar surface area (TPSA) is 66.5 Å². The average molecular weight is 431 g/mol. The van der Waals surface area contributed by atoms with Crippen LogP contribution in [0.5, 0.6) is 0 Å². The van der Waals surface area contributed by atoms with E-state index in [9.17, 15) is 17.6 Å². The number of nitrogens with zero attached hydrogens (tertiary/aromatic N) is 1. The van der Waals surface area contributed by atoms with Crippen molar-refractivity contribution >= 4 is 44.8 Å². The summed E-state index contributed by atoms with van der Waals surface area (Å²) in [6, 6.07) is 10.1. The minimum atomic E-state index is -3.92. The fraction of sp³-hybridized carbons (Fsp3) is 0.278. The van der Waals surface area contributed by atoms with Gasteiger partial charge in [-0.05, 0) is 43.2 Å². The molecular weight excluding hydrogens is 414 g/mol. The molecule has 0 bridgehead atoms. The first kappa shape index (κ1) is 20.1. The number of benzene rings is 2. The first-order valence-corrected chi connectivity index (χ1v) is 10.5. The molecule has 1 amide bonds. The maximum absolute atomic E-state index is 13.9. The second kappa shape index (κ2) is 8.14. The van der Waals surface area contributed by atoms with Crippen molar-refractivity contribution in [3.05, 3.63) is 58.3 Å². The number of hydrogen-bond acceptors (Lipinski definition) is 3. The Labute approximate surface area is 167 Å². The molecule has 27 heavy (non-hydrogen) atoms. The highest BCUT2D eigenvalue weighted by atomic mass is 35.5. The van der Waals surface area contributed by atoms with Gasteiger partial charge in [0.25, 0.3) is 0 Å². The normalized spacial score (nSPS) is 16.3. The van der Waals surface area contributed by atoms with E-state index in [2.05, 4.69) is 5.32 Å². The van der Waals surface area contributed by atoms with Gasteiger partial charge < -0.3 is 5.32 Å². The summed E-state index contributed by atoms with van der Waals surface area (Å²) in [4.78, 5) is 12.1. The van der Waals surface area contributed by atoms with Crippen LogP contribution in [0.4, 0.5) is 10.1 Å². The van der Waals surface area contributed by atoms with E-state index in [-0.39, 0.29) is 29.8 Å². The Balaban J connectivity index is 1.63. The summed E-state index contributed by atoms with van der Waals surface area (Å²) in [6.07, 6.45) is 0.696. The second-order valence-corrected chi connectivity index (χ2v) is 8.95. The molecule has 2 aromatic carbocycles. The number of sulfonamides is 1. The van der Waals surface area contributed by atoms with Gasteiger partial charge in [-0.15, -0.1) is 0 Å². The monoisotopic (exact) mass is 430 g/mol. The van der Waals surface area contributed by atoms with Gasteiger partial charge in [-0.25, -0.2) is 12.8 Å². The number of anilines is 1. The summed E-state index contributed by atoms with van der Waals surface area (Å²) in [5, 5.41) is 3.49. The average Bonchev–Trinajstić information content (AvgIpc) is 2.65. The van der Waals surface area contributed by atoms with Crippen molar-refractivity contribution < 1.29 is 17.6 Å². The first-order valence-electron chi connectivity index (χ1n) is 8.29. The third kappa shape index (κ3) is 4.43. The molecule has 1 saturated heterocycles. The van der Waals surface area contributed by atoms with Crippen LogP contribution < -0.4 is 5.32 Å². The van der Waals surface area contributed by atoms with Crippen molar-refractivity contribution in [1.29, 1.82) is 0 Å². The molecule has 0 saturated carbocycles. The van der Waals surface area contributed by atoms with Crippen molar-refractivity contribution in [3.63, 3.8) is 0 Å². The van der Waals surface area contributed by atoms with Crippen LogP contribution in [0.1, 0.15) is 12.8 Å². The maximum atomic E-state index is 13.9. The summed E-state index contributed by atoms with van der Waals surface area (Å²) in [5.41, 5.74) is 0.524. The standard InChI is InChI=1S/C18H17Cl2FN2O3S/c19-14-6-5-13(11-15(14)20)22-18(24)12-7-9-23(10-8-12)27(25,26)17-4-2-1-3-16(17)21/h1-6,11-12H,7-10H2,(H,22,24). The van der Waals surface area contributed by atoms with E-state index in [1.54, 1.807) is 18.2 Å². The third-order valence-electron chi connectivity index (χ3n) is 4.47. The fourth-order valence-electron chi connectivity index (χ4n) is 2.97. The van der Waals surface area contributed by atoms with Crippen molar-refractivity contribution in [2.24, 2.45) is 5.92 Å². The highest BCUT2D eigenvalue weighted by molar-refractivity contribution is 7.89. The van der Waals surface area contributed by atoms with E-state index >= 15 is 0 Å². The lowest BCUT2D eigenvalue weighted by molar-refractivity contribution is -0.120. The molecule has 1 aliphatic rings. The molecule has 9 heteroatoms. The van der Waals surface area contributed by atoms with Crippen LogP contribution in [-0.4, -0.2) is 31.7 Å². The van der Waals surface area contributed by atoms with Gasteiger partial charge >= 0.3 is 0 Å². The Bertz CT molecular complexity index is 961. The van der Waals surface area contributed by atoms with Crippen molar-refractivity contribution in [2.75, 3.05) is 18.4 Å². The SMILES string of the molecule is O=C(Nc1ccc(Cl)c(Cl)c1)C1CCN(S(=O)(=O)c2ccccc2F)CC1. The van der Waals surface area contributed by atoms with Gasteiger partial charge in [-0.1, -0.05) is 35.3 Å². The Hall–Kier alpha value is -1.67. The Morgan fingerprint density at radius 2 is 1.74 bits per heavy atom. The molecular formula is C18H17Cl2FN2O3S. The predicted molar refractivity (Wildman–Crippen MR) is 103 cm³/mol. The van der Waals surface area contributed by atoms with Crippen molar-refractivity contribution in [2.45, 2.75) is 17.7 Å². The van der Waals surface area contributed by atoms with Crippen molar-refractivity contribution in [3.8, 4) is 0 Å². The lowest BCUT2D eigenvalue weighted by Gasteiger charge is -2.30. The molecule has 1 aliphatic heterocycles. The number of piperidine rings is 1. The van der Waals surface area contributed by atoms with E-state index in [4.69, 9.17) is 23.2 Å². The number of hydrogen-bond donors (Lipinski definition) is 1. The molecule has 0 aliphatic carbocycles. The summed E-state index contributed by atoms with van der Waals surface area (Å²) in [5.74, 6) is -1.33. The molecule has 144 valence electrons. The zero-order valence-electron chi connectivity index (χ0n) is 14.2. The first-order chi connectivity index (χ1) is 12.8. The van der Waals surface area contributed by atoms with Crippen LogP contribution in [0, 0.1) is 11.7 Å². The Morgan fingerprint density at radius 1 is 1.07 bits per heavy atom.